The average Bonchev–Trinajstić information content (AvgIpc) is 2.98. The smallest absolute Gasteiger partial charge is 0.258 e. The van der Waals surface area contributed by atoms with Crippen molar-refractivity contribution < 1.29 is 8.91 Å². The molecule has 0 saturated carbocycles. The number of hydrogen-bond donors (Lipinski definition) is 1. The van der Waals surface area contributed by atoms with E-state index in [-0.39, 0.29) is 5.82 Å². The summed E-state index contributed by atoms with van der Waals surface area (Å²) >= 11 is 0. The summed E-state index contributed by atoms with van der Waals surface area (Å²) in [5, 5.41) is 5.23. The largest absolute Gasteiger partial charge is 0.334 e. The minimum Gasteiger partial charge on any atom is -0.334 e. The lowest BCUT2D eigenvalue weighted by Gasteiger charge is -2.16. The van der Waals surface area contributed by atoms with E-state index in [0.29, 0.717) is 29.1 Å². The molecule has 5 heteroatoms. The summed E-state index contributed by atoms with van der Waals surface area (Å²) in [6, 6.07) is 10.3. The summed E-state index contributed by atoms with van der Waals surface area (Å²) in [7, 11) is 0. The molecule has 3 aromatic rings. The van der Waals surface area contributed by atoms with Gasteiger partial charge in [-0.15, -0.1) is 0 Å². The topological polar surface area (TPSA) is 64.9 Å². The zero-order valence-corrected chi connectivity index (χ0v) is 11.9. The van der Waals surface area contributed by atoms with Gasteiger partial charge in [-0.25, -0.2) is 4.39 Å². The van der Waals surface area contributed by atoms with Crippen LogP contribution < -0.4 is 5.73 Å². The molecule has 3 rings (SSSR count). The maximum absolute atomic E-state index is 13.8. The molecule has 2 aromatic carbocycles. The maximum Gasteiger partial charge on any atom is 0.258 e. The van der Waals surface area contributed by atoms with E-state index in [2.05, 4.69) is 10.1 Å². The number of halogens is 1. The second-order valence-electron chi connectivity index (χ2n) is 5.33. The molecule has 4 nitrogen and oxygen atoms in total. The van der Waals surface area contributed by atoms with Gasteiger partial charge in [-0.05, 0) is 30.9 Å². The van der Waals surface area contributed by atoms with Crippen LogP contribution in [0.2, 0.25) is 0 Å². The van der Waals surface area contributed by atoms with Crippen LogP contribution in [0.5, 0.6) is 0 Å². The van der Waals surface area contributed by atoms with E-state index in [1.807, 2.05) is 26.0 Å². The molecular formula is C16H16FN3O. The van der Waals surface area contributed by atoms with Crippen molar-refractivity contribution in [2.24, 2.45) is 5.73 Å². The van der Waals surface area contributed by atoms with Gasteiger partial charge in [0.15, 0.2) is 5.82 Å². The zero-order valence-electron chi connectivity index (χ0n) is 11.9. The van der Waals surface area contributed by atoms with Crippen LogP contribution in [0.25, 0.3) is 22.2 Å². The Bertz CT molecular complexity index is 795. The number of nitrogens with two attached hydrogens (primary N) is 1. The van der Waals surface area contributed by atoms with Crippen LogP contribution in [0.4, 0.5) is 4.39 Å². The molecular weight excluding hydrogens is 269 g/mol. The molecule has 1 heterocycles. The third-order valence-electron chi connectivity index (χ3n) is 3.77. The van der Waals surface area contributed by atoms with Gasteiger partial charge in [0.05, 0.1) is 5.54 Å². The second-order valence-corrected chi connectivity index (χ2v) is 5.33. The Labute approximate surface area is 121 Å². The van der Waals surface area contributed by atoms with Gasteiger partial charge in [0, 0.05) is 10.9 Å². The van der Waals surface area contributed by atoms with Gasteiger partial charge in [0.2, 0.25) is 0 Å². The summed E-state index contributed by atoms with van der Waals surface area (Å²) in [4.78, 5) is 4.38. The fraction of sp³-hybridized carbons (Fsp3) is 0.250. The quantitative estimate of drug-likeness (QED) is 0.798. The van der Waals surface area contributed by atoms with E-state index >= 15 is 0 Å². The monoisotopic (exact) mass is 285 g/mol. The van der Waals surface area contributed by atoms with Crippen LogP contribution in [0, 0.1) is 5.82 Å². The minimum atomic E-state index is -0.641. The fourth-order valence-electron chi connectivity index (χ4n) is 2.17. The Morgan fingerprint density at radius 3 is 2.62 bits per heavy atom. The van der Waals surface area contributed by atoms with Crippen LogP contribution >= 0.6 is 0 Å². The highest BCUT2D eigenvalue weighted by atomic mass is 19.1. The number of fused-ring (bicyclic) bond motifs is 1. The third-order valence-corrected chi connectivity index (χ3v) is 3.77. The van der Waals surface area contributed by atoms with E-state index in [0.717, 1.165) is 5.39 Å². The Hall–Kier alpha value is -2.27. The van der Waals surface area contributed by atoms with Crippen molar-refractivity contribution in [1.82, 2.24) is 10.1 Å². The second kappa shape index (κ2) is 4.93. The van der Waals surface area contributed by atoms with Gasteiger partial charge in [-0.3, -0.25) is 0 Å². The number of hydrogen-bond acceptors (Lipinski definition) is 4. The van der Waals surface area contributed by atoms with Gasteiger partial charge in [-0.1, -0.05) is 36.3 Å². The molecule has 21 heavy (non-hydrogen) atoms. The minimum absolute atomic E-state index is 0.272. The lowest BCUT2D eigenvalue weighted by molar-refractivity contribution is 0.379. The van der Waals surface area contributed by atoms with E-state index in [9.17, 15) is 4.39 Å². The Morgan fingerprint density at radius 2 is 1.90 bits per heavy atom. The lowest BCUT2D eigenvalue weighted by Crippen LogP contribution is -2.33. The summed E-state index contributed by atoms with van der Waals surface area (Å²) in [6.45, 7) is 3.81. The molecule has 2 N–H and O–H groups in total. The van der Waals surface area contributed by atoms with Gasteiger partial charge >= 0.3 is 0 Å². The Kier molecular flexibility index (Phi) is 3.22. The molecule has 0 aliphatic heterocycles. The first-order chi connectivity index (χ1) is 10.0. The highest BCUT2D eigenvalue weighted by Gasteiger charge is 2.26. The van der Waals surface area contributed by atoms with Crippen molar-refractivity contribution in [2.75, 3.05) is 0 Å². The van der Waals surface area contributed by atoms with E-state index in [1.165, 1.54) is 6.07 Å². The summed E-state index contributed by atoms with van der Waals surface area (Å²) in [5.41, 5.74) is 6.19. The van der Waals surface area contributed by atoms with Crippen molar-refractivity contribution in [2.45, 2.75) is 25.8 Å². The van der Waals surface area contributed by atoms with Gasteiger partial charge in [0.1, 0.15) is 5.82 Å². The molecule has 0 radical (unpaired) electrons. The molecule has 108 valence electrons. The van der Waals surface area contributed by atoms with Gasteiger partial charge in [-0.2, -0.15) is 4.98 Å². The molecule has 0 aliphatic carbocycles. The van der Waals surface area contributed by atoms with Crippen LogP contribution in [0.1, 0.15) is 26.1 Å². The third kappa shape index (κ3) is 2.29. The van der Waals surface area contributed by atoms with Crippen LogP contribution in [0.15, 0.2) is 40.9 Å². The predicted octanol–water partition coefficient (Wildman–Crippen LogP) is 3.61. The first-order valence-electron chi connectivity index (χ1n) is 6.83. The molecule has 0 aliphatic rings. The number of rotatable bonds is 3. The molecule has 1 atom stereocenters. The standard InChI is InChI=1S/C16H16FN3O/c1-3-16(2,18)15-19-14(21-20-15)12-8-9-13(17)11-7-5-4-6-10(11)12/h4-9H,3,18H2,1-2H3. The molecule has 1 aromatic heterocycles. The van der Waals surface area contributed by atoms with Crippen molar-refractivity contribution in [3.8, 4) is 11.5 Å². The van der Waals surface area contributed by atoms with Crippen LogP contribution in [-0.2, 0) is 5.54 Å². The van der Waals surface area contributed by atoms with Crippen LogP contribution in [0.3, 0.4) is 0 Å². The van der Waals surface area contributed by atoms with E-state index in [4.69, 9.17) is 10.3 Å². The van der Waals surface area contributed by atoms with E-state index < -0.39 is 5.54 Å². The highest BCUT2D eigenvalue weighted by molar-refractivity contribution is 5.95. The first-order valence-corrected chi connectivity index (χ1v) is 6.83. The fourth-order valence-corrected chi connectivity index (χ4v) is 2.17. The summed E-state index contributed by atoms with van der Waals surface area (Å²) < 4.78 is 19.2. The maximum atomic E-state index is 13.8. The molecule has 0 bridgehead atoms. The van der Waals surface area contributed by atoms with Crippen molar-refractivity contribution >= 4 is 10.8 Å². The predicted molar refractivity (Wildman–Crippen MR) is 79.0 cm³/mol. The number of benzene rings is 2. The normalized spacial score (nSPS) is 14.3. The van der Waals surface area contributed by atoms with E-state index in [1.54, 1.807) is 18.2 Å². The summed E-state index contributed by atoms with van der Waals surface area (Å²) in [6.07, 6.45) is 0.691. The molecule has 0 saturated heterocycles. The van der Waals surface area contributed by atoms with Gasteiger partial charge in [0.25, 0.3) is 5.89 Å². The van der Waals surface area contributed by atoms with Crippen LogP contribution in [-0.4, -0.2) is 10.1 Å². The van der Waals surface area contributed by atoms with Crippen molar-refractivity contribution in [1.29, 1.82) is 0 Å². The SMILES string of the molecule is CCC(C)(N)c1noc(-c2ccc(F)c3ccccc23)n1. The first kappa shape index (κ1) is 13.7. The zero-order chi connectivity index (χ0) is 15.0. The molecule has 0 fully saturated rings. The highest BCUT2D eigenvalue weighted by Crippen LogP contribution is 2.30. The number of nitrogens with zero attached hydrogens (tertiary/aromatic N) is 2. The molecule has 0 amide bonds. The summed E-state index contributed by atoms with van der Waals surface area (Å²) in [5.74, 6) is 0.533. The average molecular weight is 285 g/mol. The Balaban J connectivity index is 2.16. The number of aromatic nitrogens is 2. The lowest BCUT2D eigenvalue weighted by atomic mass is 10.00. The van der Waals surface area contributed by atoms with Crippen molar-refractivity contribution in [3.05, 3.63) is 48.0 Å². The molecule has 0 spiro atoms. The van der Waals surface area contributed by atoms with Crippen molar-refractivity contribution in [3.63, 3.8) is 0 Å². The Morgan fingerprint density at radius 1 is 1.19 bits per heavy atom. The van der Waals surface area contributed by atoms with Gasteiger partial charge < -0.3 is 10.3 Å². The molecule has 1 unspecified atom stereocenters.